The highest BCUT2D eigenvalue weighted by molar-refractivity contribution is 7.93. The van der Waals surface area contributed by atoms with Crippen LogP contribution in [-0.2, 0) is 16.2 Å². The quantitative estimate of drug-likeness (QED) is 0.480. The number of aromatic nitrogens is 1. The lowest BCUT2D eigenvalue weighted by Gasteiger charge is -2.13. The van der Waals surface area contributed by atoms with Gasteiger partial charge in [0.2, 0.25) is 0 Å². The molecule has 0 amide bonds. The molecule has 0 saturated carbocycles. The first-order valence-electron chi connectivity index (χ1n) is 7.42. The molecular weight excluding hydrogens is 423 g/mol. The predicted octanol–water partition coefficient (Wildman–Crippen LogP) is 4.62. The summed E-state index contributed by atoms with van der Waals surface area (Å²) in [5.41, 5.74) is -2.53. The van der Waals surface area contributed by atoms with Crippen molar-refractivity contribution in [3.63, 3.8) is 0 Å². The molecule has 0 fully saturated rings. The van der Waals surface area contributed by atoms with Gasteiger partial charge in [-0.25, -0.2) is 8.42 Å². The first-order valence-corrected chi connectivity index (χ1v) is 9.28. The van der Waals surface area contributed by atoms with Crippen molar-refractivity contribution in [3.05, 3.63) is 69.4 Å². The van der Waals surface area contributed by atoms with Crippen molar-refractivity contribution in [1.82, 2.24) is 4.98 Å². The molecule has 12 heteroatoms. The van der Waals surface area contributed by atoms with Crippen molar-refractivity contribution in [3.8, 4) is 0 Å². The number of alkyl halides is 3. The van der Waals surface area contributed by atoms with E-state index in [-0.39, 0.29) is 22.3 Å². The van der Waals surface area contributed by atoms with Gasteiger partial charge in [0, 0.05) is 17.6 Å². The van der Waals surface area contributed by atoms with Crippen LogP contribution in [0, 0.1) is 10.1 Å². The number of nitrogens with zero attached hydrogens (tertiary/aromatic N) is 2. The summed E-state index contributed by atoms with van der Waals surface area (Å²) in [5, 5.41) is 11.7. The Morgan fingerprint density at radius 1 is 1.14 bits per heavy atom. The molecule has 0 atom stereocenters. The number of hydrogen-bond acceptors (Lipinski definition) is 5. The zero-order valence-electron chi connectivity index (χ0n) is 13.6. The van der Waals surface area contributed by atoms with Crippen LogP contribution >= 0.6 is 11.6 Å². The predicted molar refractivity (Wildman–Crippen MR) is 95.7 cm³/mol. The molecule has 3 rings (SSSR count). The van der Waals surface area contributed by atoms with Crippen molar-refractivity contribution in [2.75, 3.05) is 4.72 Å². The maximum absolute atomic E-state index is 12.8. The highest BCUT2D eigenvalue weighted by atomic mass is 35.5. The van der Waals surface area contributed by atoms with E-state index < -0.39 is 37.3 Å². The summed E-state index contributed by atoms with van der Waals surface area (Å²) in [7, 11) is -4.65. The minimum absolute atomic E-state index is 0.0376. The van der Waals surface area contributed by atoms with Crippen LogP contribution in [0.25, 0.3) is 10.9 Å². The molecule has 1 aromatic heterocycles. The van der Waals surface area contributed by atoms with Crippen LogP contribution in [0.4, 0.5) is 24.5 Å². The second-order valence-electron chi connectivity index (χ2n) is 5.54. The highest BCUT2D eigenvalue weighted by Crippen LogP contribution is 2.36. The Morgan fingerprint density at radius 2 is 1.86 bits per heavy atom. The molecule has 28 heavy (non-hydrogen) atoms. The smallest absolute Gasteiger partial charge is 0.276 e. The van der Waals surface area contributed by atoms with E-state index in [0.717, 1.165) is 0 Å². The molecule has 0 unspecified atom stereocenters. The molecule has 7 nitrogen and oxygen atoms in total. The summed E-state index contributed by atoms with van der Waals surface area (Å²) in [6, 6.07) is 7.36. The van der Waals surface area contributed by atoms with Crippen LogP contribution in [0.2, 0.25) is 5.02 Å². The van der Waals surface area contributed by atoms with Gasteiger partial charge in [-0.05, 0) is 24.3 Å². The summed E-state index contributed by atoms with van der Waals surface area (Å²) in [4.78, 5) is 13.1. The maximum Gasteiger partial charge on any atom is 0.416 e. The van der Waals surface area contributed by atoms with Crippen molar-refractivity contribution in [1.29, 1.82) is 0 Å². The van der Waals surface area contributed by atoms with E-state index in [1.165, 1.54) is 12.3 Å². The van der Waals surface area contributed by atoms with Gasteiger partial charge in [0.05, 0.1) is 26.7 Å². The summed E-state index contributed by atoms with van der Waals surface area (Å²) in [5.74, 6) is 0. The number of nitro benzene ring substituents is 1. The third-order valence-corrected chi connectivity index (χ3v) is 5.44. The van der Waals surface area contributed by atoms with Crippen LogP contribution in [0.3, 0.4) is 0 Å². The third-order valence-electron chi connectivity index (χ3n) is 3.73. The number of nitro groups is 1. The van der Waals surface area contributed by atoms with Gasteiger partial charge in [0.25, 0.3) is 15.7 Å². The Kier molecular flexibility index (Phi) is 4.90. The molecule has 2 aromatic carbocycles. The van der Waals surface area contributed by atoms with E-state index in [2.05, 4.69) is 9.71 Å². The number of nitrogens with one attached hydrogen (secondary N) is 1. The minimum atomic E-state index is -4.87. The fraction of sp³-hybridized carbons (Fsp3) is 0.0625. The molecule has 0 radical (unpaired) electrons. The molecular formula is C16H9ClF3N3O4S. The van der Waals surface area contributed by atoms with Crippen molar-refractivity contribution < 1.29 is 26.5 Å². The van der Waals surface area contributed by atoms with Crippen LogP contribution in [0.5, 0.6) is 0 Å². The average molecular weight is 432 g/mol. The molecule has 1 N–H and O–H groups in total. The molecule has 0 spiro atoms. The van der Waals surface area contributed by atoms with Gasteiger partial charge in [-0.3, -0.25) is 19.8 Å². The maximum atomic E-state index is 12.8. The van der Waals surface area contributed by atoms with E-state index in [0.29, 0.717) is 17.5 Å². The Labute approximate surface area is 161 Å². The van der Waals surface area contributed by atoms with E-state index in [4.69, 9.17) is 11.6 Å². The van der Waals surface area contributed by atoms with E-state index >= 15 is 0 Å². The largest absolute Gasteiger partial charge is 0.416 e. The van der Waals surface area contributed by atoms with Gasteiger partial charge in [0.1, 0.15) is 0 Å². The third kappa shape index (κ3) is 3.71. The summed E-state index contributed by atoms with van der Waals surface area (Å²) in [6.45, 7) is 0. The lowest BCUT2D eigenvalue weighted by molar-refractivity contribution is -0.388. The van der Waals surface area contributed by atoms with Crippen molar-refractivity contribution in [2.24, 2.45) is 0 Å². The Balaban J connectivity index is 2.15. The van der Waals surface area contributed by atoms with Crippen molar-refractivity contribution >= 4 is 43.9 Å². The van der Waals surface area contributed by atoms with Gasteiger partial charge in [-0.2, -0.15) is 13.2 Å². The second-order valence-corrected chi connectivity index (χ2v) is 7.60. The zero-order valence-corrected chi connectivity index (χ0v) is 15.1. The molecule has 1 heterocycles. The SMILES string of the molecule is O=[N+]([O-])c1cc(C(F)(F)F)ccc1S(=O)(=O)Nc1c(Cl)ccc2cccnc12. The number of hydrogen-bond donors (Lipinski definition) is 1. The minimum Gasteiger partial charge on any atom is -0.276 e. The van der Waals surface area contributed by atoms with Gasteiger partial charge >= 0.3 is 6.18 Å². The highest BCUT2D eigenvalue weighted by Gasteiger charge is 2.35. The monoisotopic (exact) mass is 431 g/mol. The standard InChI is InChI=1S/C16H9ClF3N3O4S/c17-11-5-3-9-2-1-7-21-14(9)15(11)22-28(26,27)13-6-4-10(16(18,19)20)8-12(13)23(24)25/h1-8,22H. The zero-order chi connectivity index (χ0) is 20.7. The number of halogens is 4. The van der Waals surface area contributed by atoms with Crippen LogP contribution in [0.1, 0.15) is 5.56 Å². The molecule has 3 aromatic rings. The van der Waals surface area contributed by atoms with Gasteiger partial charge in [-0.15, -0.1) is 0 Å². The number of rotatable bonds is 4. The summed E-state index contributed by atoms with van der Waals surface area (Å²) in [6.07, 6.45) is -3.49. The first-order chi connectivity index (χ1) is 13.0. The van der Waals surface area contributed by atoms with Crippen LogP contribution < -0.4 is 4.72 Å². The number of sulfonamides is 1. The number of benzene rings is 2. The first kappa shape index (κ1) is 19.8. The molecule has 0 aliphatic heterocycles. The molecule has 0 aliphatic carbocycles. The van der Waals surface area contributed by atoms with Crippen molar-refractivity contribution in [2.45, 2.75) is 11.1 Å². The summed E-state index contributed by atoms with van der Waals surface area (Å²) >= 11 is 6.03. The Hall–Kier alpha value is -2.92. The second kappa shape index (κ2) is 6.91. The normalized spacial score (nSPS) is 12.1. The van der Waals surface area contributed by atoms with E-state index in [1.807, 2.05) is 0 Å². The average Bonchev–Trinajstić information content (AvgIpc) is 2.63. The fourth-order valence-corrected chi connectivity index (χ4v) is 3.97. The molecule has 146 valence electrons. The van der Waals surface area contributed by atoms with E-state index in [1.54, 1.807) is 18.2 Å². The lowest BCUT2D eigenvalue weighted by Crippen LogP contribution is -2.16. The van der Waals surface area contributed by atoms with Gasteiger partial charge in [0.15, 0.2) is 4.90 Å². The molecule has 0 aliphatic rings. The number of anilines is 1. The Bertz CT molecular complexity index is 1200. The summed E-state index contributed by atoms with van der Waals surface area (Å²) < 4.78 is 66.0. The van der Waals surface area contributed by atoms with Gasteiger partial charge in [-0.1, -0.05) is 23.7 Å². The lowest BCUT2D eigenvalue weighted by atomic mass is 10.2. The number of pyridine rings is 1. The topological polar surface area (TPSA) is 102 Å². The molecule has 0 bridgehead atoms. The molecule has 0 saturated heterocycles. The van der Waals surface area contributed by atoms with Gasteiger partial charge < -0.3 is 0 Å². The van der Waals surface area contributed by atoms with E-state index in [9.17, 15) is 31.7 Å². The number of fused-ring (bicyclic) bond motifs is 1. The van der Waals surface area contributed by atoms with Crippen LogP contribution in [0.15, 0.2) is 53.6 Å². The Morgan fingerprint density at radius 3 is 2.50 bits per heavy atom. The fourth-order valence-electron chi connectivity index (χ4n) is 2.47. The van der Waals surface area contributed by atoms with Crippen LogP contribution in [-0.4, -0.2) is 18.3 Å².